The summed E-state index contributed by atoms with van der Waals surface area (Å²) in [5, 5.41) is 3.61. The molecule has 3 rings (SSSR count). The highest BCUT2D eigenvalue weighted by atomic mass is 35.5. The van der Waals surface area contributed by atoms with Gasteiger partial charge < -0.3 is 14.6 Å². The number of nitrogens with one attached hydrogen (secondary N) is 1. The average molecular weight is 406 g/mol. The summed E-state index contributed by atoms with van der Waals surface area (Å²) in [7, 11) is 1.35. The van der Waals surface area contributed by atoms with Crippen LogP contribution in [0.4, 0.5) is 20.4 Å². The molecule has 5 nitrogen and oxygen atoms in total. The van der Waals surface area contributed by atoms with E-state index >= 15 is 0 Å². The van der Waals surface area contributed by atoms with Gasteiger partial charge in [-0.05, 0) is 24.6 Å². The number of rotatable bonds is 5. The minimum atomic E-state index is -0.686. The predicted molar refractivity (Wildman–Crippen MR) is 106 cm³/mol. The van der Waals surface area contributed by atoms with Crippen molar-refractivity contribution in [2.24, 2.45) is 0 Å². The molecule has 0 saturated carbocycles. The molecule has 8 heteroatoms. The average Bonchev–Trinajstić information content (AvgIpc) is 2.81. The van der Waals surface area contributed by atoms with Crippen LogP contribution in [0.25, 0.3) is 0 Å². The zero-order valence-corrected chi connectivity index (χ0v) is 16.1. The number of allylic oxidation sites excluding steroid dienone is 6. The van der Waals surface area contributed by atoms with Crippen molar-refractivity contribution in [1.82, 2.24) is 9.55 Å². The monoisotopic (exact) mass is 405 g/mol. The van der Waals surface area contributed by atoms with Crippen molar-refractivity contribution < 1.29 is 13.5 Å². The van der Waals surface area contributed by atoms with Crippen LogP contribution in [-0.2, 0) is 6.54 Å². The van der Waals surface area contributed by atoms with Crippen LogP contribution in [0.2, 0.25) is 5.02 Å². The Morgan fingerprint density at radius 3 is 2.89 bits per heavy atom. The molecule has 0 fully saturated rings. The standard InChI is InChI=1S/C20H18ClF2N3O2/c1-12-15(21)7-4-8-17(12)24-20-25-19(27)18(28-2)11-26(20)10-13-5-3-6-14(22)9-16(13)23/h3-5,7-9,11H,6,10H2,1-2H3,(H,24,25,27). The number of ether oxygens (including phenoxy) is 1. The summed E-state index contributed by atoms with van der Waals surface area (Å²) in [4.78, 5) is 16.2. The third-order valence-corrected chi connectivity index (χ3v) is 4.67. The highest BCUT2D eigenvalue weighted by Gasteiger charge is 2.14. The van der Waals surface area contributed by atoms with Crippen molar-refractivity contribution >= 4 is 23.2 Å². The van der Waals surface area contributed by atoms with E-state index < -0.39 is 17.2 Å². The first-order chi connectivity index (χ1) is 13.4. The van der Waals surface area contributed by atoms with Crippen LogP contribution in [0, 0.1) is 6.92 Å². The van der Waals surface area contributed by atoms with Crippen LogP contribution in [0.15, 0.2) is 64.6 Å². The number of aromatic nitrogens is 2. The Labute approximate surface area is 165 Å². The molecule has 0 radical (unpaired) electrons. The van der Waals surface area contributed by atoms with Crippen LogP contribution in [0.3, 0.4) is 0 Å². The van der Waals surface area contributed by atoms with E-state index in [-0.39, 0.29) is 30.2 Å². The van der Waals surface area contributed by atoms with Gasteiger partial charge in [-0.2, -0.15) is 4.98 Å². The normalized spacial score (nSPS) is 14.0. The Balaban J connectivity index is 2.05. The van der Waals surface area contributed by atoms with Crippen LogP contribution in [0.1, 0.15) is 12.0 Å². The number of hydrogen-bond acceptors (Lipinski definition) is 4. The fourth-order valence-electron chi connectivity index (χ4n) is 2.69. The summed E-state index contributed by atoms with van der Waals surface area (Å²) < 4.78 is 34.4. The summed E-state index contributed by atoms with van der Waals surface area (Å²) in [6.45, 7) is 1.83. The van der Waals surface area contributed by atoms with Gasteiger partial charge >= 0.3 is 5.56 Å². The van der Waals surface area contributed by atoms with Gasteiger partial charge in [0.05, 0.1) is 19.9 Å². The first kappa shape index (κ1) is 19.8. The minimum Gasteiger partial charge on any atom is -0.490 e. The molecule has 0 aliphatic heterocycles. The maximum absolute atomic E-state index is 14.3. The Hall–Kier alpha value is -2.93. The Morgan fingerprint density at radius 2 is 2.14 bits per heavy atom. The van der Waals surface area contributed by atoms with Crippen LogP contribution >= 0.6 is 11.6 Å². The fourth-order valence-corrected chi connectivity index (χ4v) is 2.87. The molecule has 0 saturated heterocycles. The lowest BCUT2D eigenvalue weighted by molar-refractivity contribution is 0.402. The van der Waals surface area contributed by atoms with Crippen molar-refractivity contribution in [2.45, 2.75) is 19.9 Å². The van der Waals surface area contributed by atoms with Crippen LogP contribution < -0.4 is 15.6 Å². The van der Waals surface area contributed by atoms with E-state index in [2.05, 4.69) is 10.3 Å². The zero-order valence-electron chi connectivity index (χ0n) is 15.3. The summed E-state index contributed by atoms with van der Waals surface area (Å²) >= 11 is 6.15. The van der Waals surface area contributed by atoms with Crippen LogP contribution in [0.5, 0.6) is 5.75 Å². The van der Waals surface area contributed by atoms with Crippen LogP contribution in [-0.4, -0.2) is 16.7 Å². The third-order valence-electron chi connectivity index (χ3n) is 4.26. The smallest absolute Gasteiger partial charge is 0.316 e. The largest absolute Gasteiger partial charge is 0.490 e. The lowest BCUT2D eigenvalue weighted by Crippen LogP contribution is -2.19. The molecular weight excluding hydrogens is 388 g/mol. The molecule has 1 aliphatic rings. The molecule has 1 aromatic heterocycles. The summed E-state index contributed by atoms with van der Waals surface area (Å²) in [6.07, 6.45) is 5.36. The molecule has 0 bridgehead atoms. The predicted octanol–water partition coefficient (Wildman–Crippen LogP) is 4.99. The highest BCUT2D eigenvalue weighted by Crippen LogP contribution is 2.27. The summed E-state index contributed by atoms with van der Waals surface area (Å²) in [6, 6.07) is 5.28. The maximum atomic E-state index is 14.3. The lowest BCUT2D eigenvalue weighted by Gasteiger charge is -2.17. The van der Waals surface area contributed by atoms with Gasteiger partial charge in [0.15, 0.2) is 0 Å². The quantitative estimate of drug-likeness (QED) is 0.761. The second-order valence-corrected chi connectivity index (χ2v) is 6.58. The van der Waals surface area contributed by atoms with E-state index in [1.54, 1.807) is 18.2 Å². The maximum Gasteiger partial charge on any atom is 0.316 e. The summed E-state index contributed by atoms with van der Waals surface area (Å²) in [5.74, 6) is -1.06. The molecule has 1 aliphatic carbocycles. The van der Waals surface area contributed by atoms with E-state index in [1.165, 1.54) is 30.0 Å². The van der Waals surface area contributed by atoms with Gasteiger partial charge in [0.1, 0.15) is 11.7 Å². The Kier molecular flexibility index (Phi) is 5.94. The zero-order chi connectivity index (χ0) is 20.3. The molecule has 146 valence electrons. The number of methoxy groups -OCH3 is 1. The van der Waals surface area contributed by atoms with Gasteiger partial charge in [0.2, 0.25) is 11.7 Å². The van der Waals surface area contributed by atoms with Crippen molar-refractivity contribution in [3.63, 3.8) is 0 Å². The third kappa shape index (κ3) is 4.31. The first-order valence-corrected chi connectivity index (χ1v) is 8.85. The molecule has 1 aromatic carbocycles. The first-order valence-electron chi connectivity index (χ1n) is 8.48. The topological polar surface area (TPSA) is 56.1 Å². The second-order valence-electron chi connectivity index (χ2n) is 6.17. The fraction of sp³-hybridized carbons (Fsp3) is 0.200. The van der Waals surface area contributed by atoms with E-state index in [9.17, 15) is 13.6 Å². The molecule has 1 heterocycles. The number of halogens is 3. The Bertz CT molecular complexity index is 1060. The van der Waals surface area contributed by atoms with Gasteiger partial charge in [-0.15, -0.1) is 0 Å². The number of hydrogen-bond donors (Lipinski definition) is 1. The molecule has 2 aromatic rings. The van der Waals surface area contributed by atoms with Gasteiger partial charge in [0.25, 0.3) is 0 Å². The lowest BCUT2D eigenvalue weighted by atomic mass is 10.2. The molecule has 1 N–H and O–H groups in total. The van der Waals surface area contributed by atoms with Gasteiger partial charge in [-0.3, -0.25) is 4.79 Å². The molecule has 28 heavy (non-hydrogen) atoms. The SMILES string of the molecule is COc1cn(CC2=C(F)C=C(F)CC=C2)c(Nc2cccc(Cl)c2C)nc1=O. The number of benzene rings is 1. The van der Waals surface area contributed by atoms with Gasteiger partial charge in [-0.25, -0.2) is 8.78 Å². The van der Waals surface area contributed by atoms with Crippen molar-refractivity contribution in [3.05, 3.63) is 80.8 Å². The molecule has 0 atom stereocenters. The Morgan fingerprint density at radius 1 is 1.36 bits per heavy atom. The number of anilines is 2. The molecule has 0 amide bonds. The highest BCUT2D eigenvalue weighted by molar-refractivity contribution is 6.31. The van der Waals surface area contributed by atoms with E-state index in [0.29, 0.717) is 10.7 Å². The number of nitrogens with zero attached hydrogens (tertiary/aromatic N) is 2. The molecular formula is C20H18ClF2N3O2. The minimum absolute atomic E-state index is 0.00805. The summed E-state index contributed by atoms with van der Waals surface area (Å²) in [5.41, 5.74) is 1.09. The van der Waals surface area contributed by atoms with E-state index in [0.717, 1.165) is 11.6 Å². The van der Waals surface area contributed by atoms with Crippen molar-refractivity contribution in [3.8, 4) is 5.75 Å². The second kappa shape index (κ2) is 8.39. The molecule has 0 spiro atoms. The van der Waals surface area contributed by atoms with E-state index in [1.807, 2.05) is 6.92 Å². The van der Waals surface area contributed by atoms with Gasteiger partial charge in [0, 0.05) is 28.8 Å². The molecule has 0 unspecified atom stereocenters. The van der Waals surface area contributed by atoms with Crippen molar-refractivity contribution in [1.29, 1.82) is 0 Å². The van der Waals surface area contributed by atoms with Crippen molar-refractivity contribution in [2.75, 3.05) is 12.4 Å². The van der Waals surface area contributed by atoms with Gasteiger partial charge in [-0.1, -0.05) is 29.8 Å². The van der Waals surface area contributed by atoms with E-state index in [4.69, 9.17) is 16.3 Å².